The SMILES string of the molecule is CC(C)(C(O)CC1CC2CCC1C2)S(C)(=O)=O. The fourth-order valence-electron chi connectivity index (χ4n) is 3.48. The van der Waals surface area contributed by atoms with Crippen LogP contribution in [-0.2, 0) is 9.84 Å². The van der Waals surface area contributed by atoms with Crippen LogP contribution < -0.4 is 0 Å². The molecule has 100 valence electrons. The second-order valence-electron chi connectivity index (χ2n) is 6.56. The Balaban J connectivity index is 2.00. The van der Waals surface area contributed by atoms with Crippen LogP contribution in [0.25, 0.3) is 0 Å². The molecule has 2 saturated carbocycles. The van der Waals surface area contributed by atoms with E-state index in [0.29, 0.717) is 12.3 Å². The molecule has 0 aromatic heterocycles. The van der Waals surface area contributed by atoms with E-state index >= 15 is 0 Å². The molecule has 2 aliphatic rings. The molecule has 0 heterocycles. The number of rotatable bonds is 4. The van der Waals surface area contributed by atoms with Crippen molar-refractivity contribution in [3.8, 4) is 0 Å². The molecule has 4 atom stereocenters. The lowest BCUT2D eigenvalue weighted by atomic mass is 9.83. The molecule has 1 N–H and O–H groups in total. The van der Waals surface area contributed by atoms with Crippen LogP contribution in [0.1, 0.15) is 46.0 Å². The Morgan fingerprint density at radius 2 is 1.94 bits per heavy atom. The van der Waals surface area contributed by atoms with E-state index in [2.05, 4.69) is 0 Å². The summed E-state index contributed by atoms with van der Waals surface area (Å²) in [6.07, 6.45) is 6.26. The molecule has 2 aliphatic carbocycles. The molecule has 0 aromatic rings. The van der Waals surface area contributed by atoms with Gasteiger partial charge in [0.05, 0.1) is 10.9 Å². The number of aliphatic hydroxyl groups is 1. The zero-order chi connectivity index (χ0) is 12.8. The van der Waals surface area contributed by atoms with E-state index < -0.39 is 20.7 Å². The molecule has 17 heavy (non-hydrogen) atoms. The summed E-state index contributed by atoms with van der Waals surface area (Å²) in [6, 6.07) is 0. The zero-order valence-corrected chi connectivity index (χ0v) is 11.8. The zero-order valence-electron chi connectivity index (χ0n) is 11.0. The van der Waals surface area contributed by atoms with Crippen molar-refractivity contribution in [3.05, 3.63) is 0 Å². The highest BCUT2D eigenvalue weighted by Crippen LogP contribution is 2.50. The van der Waals surface area contributed by atoms with Gasteiger partial charge < -0.3 is 5.11 Å². The topological polar surface area (TPSA) is 54.4 Å². The summed E-state index contributed by atoms with van der Waals surface area (Å²) < 4.78 is 22.3. The molecule has 0 spiro atoms. The van der Waals surface area contributed by atoms with Gasteiger partial charge in [0.1, 0.15) is 0 Å². The monoisotopic (exact) mass is 260 g/mol. The van der Waals surface area contributed by atoms with Crippen LogP contribution in [0.2, 0.25) is 0 Å². The van der Waals surface area contributed by atoms with Gasteiger partial charge >= 0.3 is 0 Å². The van der Waals surface area contributed by atoms with Gasteiger partial charge in [0.2, 0.25) is 0 Å². The van der Waals surface area contributed by atoms with Crippen LogP contribution >= 0.6 is 0 Å². The molecule has 2 bridgehead atoms. The van der Waals surface area contributed by atoms with Crippen molar-refractivity contribution in [3.63, 3.8) is 0 Å². The summed E-state index contributed by atoms with van der Waals surface area (Å²) in [7, 11) is -3.21. The highest BCUT2D eigenvalue weighted by molar-refractivity contribution is 7.92. The Labute approximate surface area is 105 Å². The van der Waals surface area contributed by atoms with Crippen molar-refractivity contribution in [2.45, 2.75) is 56.8 Å². The molecular formula is C13H24O3S. The Hall–Kier alpha value is -0.0900. The van der Waals surface area contributed by atoms with Gasteiger partial charge in [0.15, 0.2) is 9.84 Å². The Bertz CT molecular complexity index is 385. The maximum absolute atomic E-state index is 11.7. The van der Waals surface area contributed by atoms with Gasteiger partial charge in [-0.3, -0.25) is 0 Å². The summed E-state index contributed by atoms with van der Waals surface area (Å²) in [5.41, 5.74) is 0. The molecule has 0 aliphatic heterocycles. The minimum absolute atomic E-state index is 0.546. The van der Waals surface area contributed by atoms with Crippen molar-refractivity contribution in [1.29, 1.82) is 0 Å². The van der Waals surface area contributed by atoms with Gasteiger partial charge in [-0.1, -0.05) is 6.42 Å². The van der Waals surface area contributed by atoms with Crippen LogP contribution in [0.5, 0.6) is 0 Å². The third-order valence-electron chi connectivity index (χ3n) is 5.17. The fraction of sp³-hybridized carbons (Fsp3) is 1.00. The third kappa shape index (κ3) is 2.39. The van der Waals surface area contributed by atoms with Crippen LogP contribution in [0.3, 0.4) is 0 Å². The molecule has 0 saturated heterocycles. The smallest absolute Gasteiger partial charge is 0.155 e. The lowest BCUT2D eigenvalue weighted by molar-refractivity contribution is 0.0950. The summed E-state index contributed by atoms with van der Waals surface area (Å²) >= 11 is 0. The van der Waals surface area contributed by atoms with E-state index in [1.165, 1.54) is 31.9 Å². The fourth-order valence-corrected chi connectivity index (χ4v) is 4.07. The summed E-state index contributed by atoms with van der Waals surface area (Å²) in [4.78, 5) is 0. The molecular weight excluding hydrogens is 236 g/mol. The van der Waals surface area contributed by atoms with E-state index in [9.17, 15) is 13.5 Å². The van der Waals surface area contributed by atoms with E-state index in [1.54, 1.807) is 13.8 Å². The van der Waals surface area contributed by atoms with Crippen molar-refractivity contribution < 1.29 is 13.5 Å². The highest BCUT2D eigenvalue weighted by Gasteiger charge is 2.44. The van der Waals surface area contributed by atoms with Gasteiger partial charge in [-0.05, 0) is 57.3 Å². The minimum atomic E-state index is -3.21. The second-order valence-corrected chi connectivity index (χ2v) is 9.16. The lowest BCUT2D eigenvalue weighted by Crippen LogP contribution is -2.44. The van der Waals surface area contributed by atoms with Crippen molar-refractivity contribution >= 4 is 9.84 Å². The third-order valence-corrected chi connectivity index (χ3v) is 7.35. The summed E-state index contributed by atoms with van der Waals surface area (Å²) in [5, 5.41) is 10.2. The van der Waals surface area contributed by atoms with Crippen molar-refractivity contribution in [2.75, 3.05) is 6.26 Å². The number of aliphatic hydroxyl groups excluding tert-OH is 1. The predicted octanol–water partition coefficient (Wildman–Crippen LogP) is 2.00. The van der Waals surface area contributed by atoms with E-state index in [0.717, 1.165) is 11.8 Å². The normalized spacial score (nSPS) is 35.2. The second kappa shape index (κ2) is 4.23. The molecule has 4 unspecified atom stereocenters. The largest absolute Gasteiger partial charge is 0.391 e. The molecule has 0 radical (unpaired) electrons. The van der Waals surface area contributed by atoms with Crippen LogP contribution in [0.4, 0.5) is 0 Å². The number of fused-ring (bicyclic) bond motifs is 2. The van der Waals surface area contributed by atoms with Gasteiger partial charge in [0, 0.05) is 6.26 Å². The maximum Gasteiger partial charge on any atom is 0.155 e. The number of sulfone groups is 1. The molecule has 3 nitrogen and oxygen atoms in total. The average molecular weight is 260 g/mol. The first kappa shape index (κ1) is 13.3. The van der Waals surface area contributed by atoms with Gasteiger partial charge in [-0.15, -0.1) is 0 Å². The number of hydrogen-bond acceptors (Lipinski definition) is 3. The first-order valence-corrected chi connectivity index (χ1v) is 8.48. The summed E-state index contributed by atoms with van der Waals surface area (Å²) in [6.45, 7) is 3.28. The standard InChI is InChI=1S/C13H24O3S/c1-13(2,17(3,15)16)12(14)8-11-7-9-4-5-10(11)6-9/h9-12,14H,4-8H2,1-3H3. The van der Waals surface area contributed by atoms with E-state index in [4.69, 9.17) is 0 Å². The first-order valence-electron chi connectivity index (χ1n) is 6.59. The Kier molecular flexibility index (Phi) is 3.32. The number of hydrogen-bond donors (Lipinski definition) is 1. The van der Waals surface area contributed by atoms with Gasteiger partial charge in [-0.25, -0.2) is 8.42 Å². The Morgan fingerprint density at radius 3 is 2.35 bits per heavy atom. The molecule has 2 rings (SSSR count). The van der Waals surface area contributed by atoms with Crippen LogP contribution in [0, 0.1) is 17.8 Å². The van der Waals surface area contributed by atoms with E-state index in [-0.39, 0.29) is 0 Å². The van der Waals surface area contributed by atoms with Crippen LogP contribution in [-0.4, -0.2) is 30.6 Å². The average Bonchev–Trinajstić information content (AvgIpc) is 2.76. The van der Waals surface area contributed by atoms with Crippen molar-refractivity contribution in [1.82, 2.24) is 0 Å². The summed E-state index contributed by atoms with van der Waals surface area (Å²) in [5.74, 6) is 2.13. The van der Waals surface area contributed by atoms with Crippen molar-refractivity contribution in [2.24, 2.45) is 17.8 Å². The first-order chi connectivity index (χ1) is 7.72. The lowest BCUT2D eigenvalue weighted by Gasteiger charge is -2.32. The quantitative estimate of drug-likeness (QED) is 0.841. The van der Waals surface area contributed by atoms with Gasteiger partial charge in [-0.2, -0.15) is 0 Å². The Morgan fingerprint density at radius 1 is 1.29 bits per heavy atom. The molecule has 0 amide bonds. The highest BCUT2D eigenvalue weighted by atomic mass is 32.2. The molecule has 4 heteroatoms. The predicted molar refractivity (Wildman–Crippen MR) is 68.5 cm³/mol. The van der Waals surface area contributed by atoms with E-state index in [1.807, 2.05) is 0 Å². The molecule has 0 aromatic carbocycles. The minimum Gasteiger partial charge on any atom is -0.391 e. The maximum atomic E-state index is 11.7. The molecule has 2 fully saturated rings. The van der Waals surface area contributed by atoms with Crippen LogP contribution in [0.15, 0.2) is 0 Å². The van der Waals surface area contributed by atoms with Gasteiger partial charge in [0.25, 0.3) is 0 Å².